The molecule has 2 N–H and O–H groups in total. The van der Waals surface area contributed by atoms with Gasteiger partial charge < -0.3 is 5.32 Å². The summed E-state index contributed by atoms with van der Waals surface area (Å²) in [7, 11) is 1.25. The Morgan fingerprint density at radius 3 is 2.69 bits per heavy atom. The van der Waals surface area contributed by atoms with E-state index in [4.69, 9.17) is 0 Å². The quantitative estimate of drug-likeness (QED) is 0.637. The van der Waals surface area contributed by atoms with Crippen LogP contribution in [0.2, 0.25) is 0 Å². The fourth-order valence-electron chi connectivity index (χ4n) is 1.06. The highest BCUT2D eigenvalue weighted by Crippen LogP contribution is 2.29. The normalized spacial score (nSPS) is 10.0. The van der Waals surface area contributed by atoms with Crippen LogP contribution in [0.4, 0.5) is 19.3 Å². The van der Waals surface area contributed by atoms with E-state index in [9.17, 15) is 13.6 Å². The van der Waals surface area contributed by atoms with Gasteiger partial charge in [0.1, 0.15) is 5.82 Å². The molecule has 0 bridgehead atoms. The third-order valence-corrected chi connectivity index (χ3v) is 2.43. The summed E-state index contributed by atoms with van der Waals surface area (Å²) >= 11 is 1.12. The lowest BCUT2D eigenvalue weighted by molar-refractivity contribution is 0.114. The largest absolute Gasteiger partial charge is 0.343 e. The minimum atomic E-state index is -0.837. The number of rotatable bonds is 3. The van der Waals surface area contributed by atoms with E-state index < -0.39 is 17.7 Å². The molecule has 4 nitrogen and oxygen atoms in total. The Labute approximate surface area is 95.3 Å². The van der Waals surface area contributed by atoms with Crippen molar-refractivity contribution < 1.29 is 18.4 Å². The number of thioether (sulfide) groups is 1. The van der Waals surface area contributed by atoms with Gasteiger partial charge in [0.15, 0.2) is 5.82 Å². The van der Waals surface area contributed by atoms with Crippen LogP contribution >= 0.6 is 11.8 Å². The molecule has 0 saturated heterocycles. The second-order valence-corrected chi connectivity index (χ2v) is 3.57. The van der Waals surface area contributed by atoms with Crippen LogP contribution in [0.1, 0.15) is 0 Å². The molecule has 16 heavy (non-hydrogen) atoms. The average Bonchev–Trinajstić information content (AvgIpc) is 2.22. The van der Waals surface area contributed by atoms with Gasteiger partial charge in [0.05, 0.1) is 12.8 Å². The molecule has 7 heteroatoms. The van der Waals surface area contributed by atoms with Crippen LogP contribution in [0, 0.1) is 11.6 Å². The molecule has 0 radical (unpaired) electrons. The smallest absolute Gasteiger partial charge is 0.303 e. The van der Waals surface area contributed by atoms with Crippen LogP contribution in [0.25, 0.3) is 0 Å². The number of anilines is 1. The first-order valence-corrected chi connectivity index (χ1v) is 5.44. The second-order valence-electron chi connectivity index (χ2n) is 2.73. The number of urea groups is 1. The minimum Gasteiger partial charge on any atom is -0.303 e. The van der Waals surface area contributed by atoms with Crippen molar-refractivity contribution in [3.63, 3.8) is 0 Å². The molecule has 0 aliphatic rings. The highest BCUT2D eigenvalue weighted by Gasteiger charge is 2.13. The fourth-order valence-corrected chi connectivity index (χ4v) is 1.65. The van der Waals surface area contributed by atoms with Crippen molar-refractivity contribution in [2.45, 2.75) is 4.90 Å². The maximum absolute atomic E-state index is 13.4. The lowest BCUT2D eigenvalue weighted by Crippen LogP contribution is -2.28. The van der Waals surface area contributed by atoms with Crippen LogP contribution < -0.4 is 10.8 Å². The molecule has 0 heterocycles. The SMILES string of the molecule is CONC(=O)Nc1c(F)cc(F)cc1SC. The standard InChI is InChI=1S/C9H10F2N2O2S/c1-15-13-9(14)12-8-6(11)3-5(10)4-7(8)16-2/h3-4H,1-2H3,(H2,12,13,14). The zero-order valence-electron chi connectivity index (χ0n) is 8.64. The molecule has 0 aromatic heterocycles. The van der Waals surface area contributed by atoms with Gasteiger partial charge in [-0.05, 0) is 12.3 Å². The van der Waals surface area contributed by atoms with Crippen molar-refractivity contribution in [2.24, 2.45) is 0 Å². The summed E-state index contributed by atoms with van der Waals surface area (Å²) in [6.45, 7) is 0. The predicted octanol–water partition coefficient (Wildman–Crippen LogP) is 2.37. The number of carbonyl (C=O) groups excluding carboxylic acids is 1. The highest BCUT2D eigenvalue weighted by atomic mass is 32.2. The second kappa shape index (κ2) is 5.66. The van der Waals surface area contributed by atoms with Crippen molar-refractivity contribution in [3.05, 3.63) is 23.8 Å². The number of carbonyl (C=O) groups is 1. The highest BCUT2D eigenvalue weighted by molar-refractivity contribution is 7.98. The van der Waals surface area contributed by atoms with E-state index >= 15 is 0 Å². The molecule has 1 rings (SSSR count). The molecule has 0 aliphatic carbocycles. The topological polar surface area (TPSA) is 50.4 Å². The number of amides is 2. The van der Waals surface area contributed by atoms with E-state index in [-0.39, 0.29) is 5.69 Å². The van der Waals surface area contributed by atoms with Crippen LogP contribution in [-0.4, -0.2) is 19.4 Å². The fraction of sp³-hybridized carbons (Fsp3) is 0.222. The zero-order valence-corrected chi connectivity index (χ0v) is 9.45. The summed E-state index contributed by atoms with van der Waals surface area (Å²) in [6, 6.07) is 1.10. The number of nitrogens with one attached hydrogen (secondary N) is 2. The molecular weight excluding hydrogens is 238 g/mol. The summed E-state index contributed by atoms with van der Waals surface area (Å²) < 4.78 is 26.2. The van der Waals surface area contributed by atoms with Crippen LogP contribution in [0.15, 0.2) is 17.0 Å². The Morgan fingerprint density at radius 2 is 2.12 bits per heavy atom. The van der Waals surface area contributed by atoms with Gasteiger partial charge in [-0.2, -0.15) is 0 Å². The van der Waals surface area contributed by atoms with Crippen LogP contribution in [0.3, 0.4) is 0 Å². The maximum Gasteiger partial charge on any atom is 0.343 e. The molecule has 0 fully saturated rings. The zero-order chi connectivity index (χ0) is 12.1. The lowest BCUT2D eigenvalue weighted by atomic mass is 10.3. The van der Waals surface area contributed by atoms with Gasteiger partial charge in [0.2, 0.25) is 0 Å². The van der Waals surface area contributed by atoms with E-state index in [0.717, 1.165) is 17.8 Å². The number of hydroxylamine groups is 1. The van der Waals surface area contributed by atoms with Gasteiger partial charge in [-0.1, -0.05) is 0 Å². The van der Waals surface area contributed by atoms with Gasteiger partial charge in [0, 0.05) is 11.0 Å². The van der Waals surface area contributed by atoms with Crippen molar-refractivity contribution in [2.75, 3.05) is 18.7 Å². The van der Waals surface area contributed by atoms with E-state index in [0.29, 0.717) is 11.0 Å². The van der Waals surface area contributed by atoms with Crippen LogP contribution in [-0.2, 0) is 4.84 Å². The first kappa shape index (κ1) is 12.7. The Kier molecular flexibility index (Phi) is 4.51. The third-order valence-electron chi connectivity index (χ3n) is 1.67. The summed E-state index contributed by atoms with van der Waals surface area (Å²) in [5.41, 5.74) is 1.89. The molecule has 0 spiro atoms. The number of halogens is 2. The van der Waals surface area contributed by atoms with Gasteiger partial charge in [-0.3, -0.25) is 4.84 Å². The van der Waals surface area contributed by atoms with E-state index in [1.807, 2.05) is 5.48 Å². The number of hydrogen-bond acceptors (Lipinski definition) is 3. The Morgan fingerprint density at radius 1 is 1.44 bits per heavy atom. The monoisotopic (exact) mass is 248 g/mol. The van der Waals surface area contributed by atoms with Gasteiger partial charge in [-0.25, -0.2) is 19.1 Å². The molecule has 0 saturated carbocycles. The van der Waals surface area contributed by atoms with E-state index in [1.165, 1.54) is 7.11 Å². The Balaban J connectivity index is 2.98. The van der Waals surface area contributed by atoms with Gasteiger partial charge >= 0.3 is 6.03 Å². The Bertz CT molecular complexity index is 401. The first-order valence-electron chi connectivity index (χ1n) is 4.21. The molecule has 0 aliphatic heterocycles. The molecular formula is C9H10F2N2O2S. The van der Waals surface area contributed by atoms with Crippen LogP contribution in [0.5, 0.6) is 0 Å². The molecule has 1 aromatic rings. The average molecular weight is 248 g/mol. The van der Waals surface area contributed by atoms with E-state index in [2.05, 4.69) is 10.2 Å². The van der Waals surface area contributed by atoms with Crippen molar-refractivity contribution in [3.8, 4) is 0 Å². The lowest BCUT2D eigenvalue weighted by Gasteiger charge is -2.10. The van der Waals surface area contributed by atoms with Crippen molar-refractivity contribution in [1.82, 2.24) is 5.48 Å². The molecule has 1 aromatic carbocycles. The summed E-state index contributed by atoms with van der Waals surface area (Å²) in [5, 5.41) is 2.22. The number of hydrogen-bond donors (Lipinski definition) is 2. The minimum absolute atomic E-state index is 0.0801. The molecule has 88 valence electrons. The van der Waals surface area contributed by atoms with Gasteiger partial charge in [0.25, 0.3) is 0 Å². The van der Waals surface area contributed by atoms with Crippen molar-refractivity contribution in [1.29, 1.82) is 0 Å². The Hall–Kier alpha value is -1.34. The third kappa shape index (κ3) is 3.07. The predicted molar refractivity (Wildman–Crippen MR) is 57.3 cm³/mol. The summed E-state index contributed by atoms with van der Waals surface area (Å²) in [4.78, 5) is 15.7. The molecule has 2 amide bonds. The van der Waals surface area contributed by atoms with E-state index in [1.54, 1.807) is 6.26 Å². The first-order chi connectivity index (χ1) is 7.58. The maximum atomic E-state index is 13.4. The summed E-state index contributed by atoms with van der Waals surface area (Å²) in [5.74, 6) is -1.53. The summed E-state index contributed by atoms with van der Waals surface area (Å²) in [6.07, 6.45) is 1.65. The number of benzene rings is 1. The van der Waals surface area contributed by atoms with Gasteiger partial charge in [-0.15, -0.1) is 11.8 Å². The molecule has 0 atom stereocenters. The van der Waals surface area contributed by atoms with Crippen molar-refractivity contribution >= 4 is 23.5 Å². The molecule has 0 unspecified atom stereocenters.